The average molecular weight is 1260 g/mol. The molecule has 2 aromatic heterocycles. The van der Waals surface area contributed by atoms with Gasteiger partial charge in [-0.3, -0.25) is 24.1 Å². The lowest BCUT2D eigenvalue weighted by Crippen LogP contribution is -2.63. The first kappa shape index (κ1) is 65.3. The molecule has 19 nitrogen and oxygen atoms in total. The number of piperidine rings is 2. The number of likely N-dealkylation sites (tertiary alicyclic amines) is 2. The number of fused-ring (bicyclic) bond motifs is 6. The molecule has 4 aliphatic carbocycles. The number of carbonyl (C=O) groups is 5. The first-order valence-corrected chi connectivity index (χ1v) is 33.6. The second-order valence-electron chi connectivity index (χ2n) is 29.6. The number of anilines is 2. The summed E-state index contributed by atoms with van der Waals surface area (Å²) in [6.07, 6.45) is 19.3. The predicted octanol–water partition coefficient (Wildman–Crippen LogP) is 12.2. The normalized spacial score (nSPS) is 26.0. The standard InChI is InChI=1S/C37H51FN6O5.C33H44FN5O3/c1-23(2)43(24(3)4)33(45)28-18-26(38)10-13-29(28)48-30-19-39-22-40-32(30)41-16-14-37(20-41)15-17-42(21-37)34(46)31-25-8-11-27(12-9-25)44(31)35(47)49-36(5,6)7;1-21(2)39(22(3)4)32(41)27-16-25(34)9-10-28(27)42-29-17-35-20-36-30(29)37-13-11-33(18-37)12-14-38(19-33)31(40)26-15-23-5-7-24(26)8-6-23/h10,13,18-19,22-25,27,31H,8-9,11-12,14-17,20-21H2,1-7H3;9-10,16-17,20-24,26H,5-8,11-15,18-19H2,1-4H3/t25?,27?,31-,37?;23?,24?,26-,33?/m00/s1. The maximum Gasteiger partial charge on any atom is 0.411 e. The van der Waals surface area contributed by atoms with E-state index in [2.05, 4.69) is 34.6 Å². The number of hydrogen-bond acceptors (Lipinski definition) is 14. The molecule has 21 heteroatoms. The Kier molecular flexibility index (Phi) is 19.0. The van der Waals surface area contributed by atoms with Gasteiger partial charge >= 0.3 is 6.09 Å². The minimum absolute atomic E-state index is 0.0342. The fraction of sp³-hybridized carbons (Fsp3) is 0.643. The summed E-state index contributed by atoms with van der Waals surface area (Å²) in [5, 5.41) is 0. The molecule has 91 heavy (non-hydrogen) atoms. The molecule has 2 unspecified atom stereocenters. The van der Waals surface area contributed by atoms with Crippen molar-refractivity contribution >= 4 is 41.4 Å². The zero-order valence-corrected chi connectivity index (χ0v) is 55.3. The van der Waals surface area contributed by atoms with Gasteiger partial charge in [-0.1, -0.05) is 12.8 Å². The largest absolute Gasteiger partial charge is 0.451 e. The SMILES string of the molecule is CC(C)N(C(=O)c1cc(F)ccc1Oc1cncnc1N1CCC2(CCN(C(=O)[C@@H]3C4CCC(CC4)N3C(=O)OC(C)(C)C)C2)C1)C(C)C.CC(C)N(C(=O)c1cc(F)ccc1Oc1cncnc1N1CCC2(CCN(C(=O)[C@H]3CC4CCC3CC4)C2)C1)C(C)C. The summed E-state index contributed by atoms with van der Waals surface area (Å²) in [6, 6.07) is 7.28. The van der Waals surface area contributed by atoms with Crippen LogP contribution in [0.2, 0.25) is 0 Å². The van der Waals surface area contributed by atoms with Gasteiger partial charge in [-0.25, -0.2) is 33.5 Å². The van der Waals surface area contributed by atoms with Crippen LogP contribution in [-0.2, 0) is 14.3 Å². The van der Waals surface area contributed by atoms with Crippen LogP contribution < -0.4 is 19.3 Å². The Balaban J connectivity index is 0.000000189. The minimum Gasteiger partial charge on any atom is -0.451 e. The van der Waals surface area contributed by atoms with Gasteiger partial charge in [0.1, 0.15) is 47.4 Å². The smallest absolute Gasteiger partial charge is 0.411 e. The highest BCUT2D eigenvalue weighted by molar-refractivity contribution is 5.98. The summed E-state index contributed by atoms with van der Waals surface area (Å²) in [4.78, 5) is 99.6. The van der Waals surface area contributed by atoms with Gasteiger partial charge < -0.3 is 43.6 Å². The highest BCUT2D eigenvalue weighted by Gasteiger charge is 2.54. The number of ether oxygens (including phenoxy) is 3. The van der Waals surface area contributed by atoms with Crippen molar-refractivity contribution in [1.29, 1.82) is 0 Å². The van der Waals surface area contributed by atoms with Crippen LogP contribution in [-0.4, -0.2) is 168 Å². The molecule has 492 valence electrons. The molecule has 0 radical (unpaired) electrons. The van der Waals surface area contributed by atoms with Gasteiger partial charge in [0.25, 0.3) is 11.8 Å². The van der Waals surface area contributed by atoms with E-state index in [0.717, 1.165) is 89.9 Å². The summed E-state index contributed by atoms with van der Waals surface area (Å²) in [5.41, 5.74) is -0.415. The van der Waals surface area contributed by atoms with Gasteiger partial charge in [0.2, 0.25) is 11.8 Å². The Morgan fingerprint density at radius 2 is 1.00 bits per heavy atom. The molecule has 10 aliphatic rings. The van der Waals surface area contributed by atoms with Crippen LogP contribution in [0.5, 0.6) is 23.0 Å². The van der Waals surface area contributed by atoms with Crippen molar-refractivity contribution in [2.45, 2.75) is 201 Å². The quantitative estimate of drug-likeness (QED) is 0.116. The fourth-order valence-corrected chi connectivity index (χ4v) is 16.7. The Bertz CT molecular complexity index is 3310. The minimum atomic E-state index is -0.633. The molecule has 6 saturated heterocycles. The van der Waals surface area contributed by atoms with Gasteiger partial charge in [0, 0.05) is 99.3 Å². The summed E-state index contributed by atoms with van der Waals surface area (Å²) in [5.74, 6) is 3.06. The first-order chi connectivity index (χ1) is 43.3. The van der Waals surface area contributed by atoms with Gasteiger partial charge in [0.05, 0.1) is 23.5 Å². The molecule has 4 atom stereocenters. The van der Waals surface area contributed by atoms with E-state index in [4.69, 9.17) is 14.2 Å². The number of rotatable bonds is 14. The number of aromatic nitrogens is 4. The second kappa shape index (κ2) is 26.4. The van der Waals surface area contributed by atoms with E-state index in [0.29, 0.717) is 61.1 Å². The lowest BCUT2D eigenvalue weighted by Gasteiger charge is -2.51. The van der Waals surface area contributed by atoms with Crippen LogP contribution >= 0.6 is 0 Å². The van der Waals surface area contributed by atoms with E-state index >= 15 is 0 Å². The monoisotopic (exact) mass is 1260 g/mol. The van der Waals surface area contributed by atoms with Crippen LogP contribution in [0, 0.1) is 46.1 Å². The van der Waals surface area contributed by atoms with Crippen molar-refractivity contribution < 1.29 is 47.0 Å². The predicted molar refractivity (Wildman–Crippen MR) is 342 cm³/mol. The highest BCUT2D eigenvalue weighted by atomic mass is 19.1. The number of amides is 5. The molecule has 4 aromatic rings. The van der Waals surface area contributed by atoms with Crippen LogP contribution in [0.4, 0.5) is 25.2 Å². The van der Waals surface area contributed by atoms with Crippen molar-refractivity contribution in [2.75, 3.05) is 62.2 Å². The van der Waals surface area contributed by atoms with E-state index in [9.17, 15) is 32.8 Å². The molecule has 6 aliphatic heterocycles. The van der Waals surface area contributed by atoms with E-state index in [1.807, 2.05) is 81.1 Å². The number of halogens is 2. The van der Waals surface area contributed by atoms with Crippen molar-refractivity contribution in [3.8, 4) is 23.0 Å². The van der Waals surface area contributed by atoms with Crippen molar-refractivity contribution in [3.63, 3.8) is 0 Å². The van der Waals surface area contributed by atoms with E-state index in [1.165, 1.54) is 74.7 Å². The Morgan fingerprint density at radius 3 is 1.43 bits per heavy atom. The molecule has 4 bridgehead atoms. The summed E-state index contributed by atoms with van der Waals surface area (Å²) in [7, 11) is 0. The van der Waals surface area contributed by atoms with Crippen LogP contribution in [0.25, 0.3) is 0 Å². The third-order valence-corrected chi connectivity index (χ3v) is 20.9. The van der Waals surface area contributed by atoms with Gasteiger partial charge in [0.15, 0.2) is 23.1 Å². The number of hydrogen-bond donors (Lipinski definition) is 0. The molecule has 8 heterocycles. The maximum absolute atomic E-state index is 14.5. The van der Waals surface area contributed by atoms with Crippen molar-refractivity contribution in [2.24, 2.45) is 34.5 Å². The number of benzene rings is 2. The zero-order chi connectivity index (χ0) is 64.8. The van der Waals surface area contributed by atoms with Gasteiger partial charge in [-0.05, 0) is 201 Å². The molecule has 10 fully saturated rings. The van der Waals surface area contributed by atoms with Crippen LogP contribution in [0.15, 0.2) is 61.4 Å². The number of nitrogens with zero attached hydrogens (tertiary/aromatic N) is 11. The van der Waals surface area contributed by atoms with Crippen molar-refractivity contribution in [3.05, 3.63) is 84.2 Å². The Labute approximate surface area is 535 Å². The third kappa shape index (κ3) is 13.8. The topological polar surface area (TPSA) is 187 Å². The third-order valence-electron chi connectivity index (χ3n) is 20.9. The van der Waals surface area contributed by atoms with Crippen LogP contribution in [0.1, 0.15) is 180 Å². The van der Waals surface area contributed by atoms with Crippen molar-refractivity contribution in [1.82, 2.24) is 44.4 Å². The molecular weight excluding hydrogens is 1160 g/mol. The van der Waals surface area contributed by atoms with Gasteiger partial charge in [-0.2, -0.15) is 0 Å². The van der Waals surface area contributed by atoms with E-state index in [-0.39, 0.29) is 99.3 Å². The fourth-order valence-electron chi connectivity index (χ4n) is 16.7. The van der Waals surface area contributed by atoms with E-state index < -0.39 is 23.3 Å². The molecule has 5 amide bonds. The maximum atomic E-state index is 14.5. The second-order valence-corrected chi connectivity index (χ2v) is 29.6. The lowest BCUT2D eigenvalue weighted by atomic mass is 9.64. The molecule has 4 saturated carbocycles. The molecular formula is C70H95F2N11O8. The number of carbonyl (C=O) groups excluding carboxylic acids is 5. The summed E-state index contributed by atoms with van der Waals surface area (Å²) >= 11 is 0. The summed E-state index contributed by atoms with van der Waals surface area (Å²) < 4.78 is 47.3. The molecule has 0 N–H and O–H groups in total. The first-order valence-electron chi connectivity index (χ1n) is 33.6. The lowest BCUT2D eigenvalue weighted by molar-refractivity contribution is -0.145. The van der Waals surface area contributed by atoms with E-state index in [1.54, 1.807) is 27.1 Å². The van der Waals surface area contributed by atoms with Crippen LogP contribution in [0.3, 0.4) is 0 Å². The zero-order valence-electron chi connectivity index (χ0n) is 55.3. The molecule has 2 spiro atoms. The summed E-state index contributed by atoms with van der Waals surface area (Å²) in [6.45, 7) is 26.9. The average Bonchev–Trinajstić information content (AvgIpc) is 1.76. The Morgan fingerprint density at radius 1 is 0.560 bits per heavy atom. The highest BCUT2D eigenvalue weighted by Crippen LogP contribution is 2.50. The molecule has 2 aromatic carbocycles. The Hall–Kier alpha value is -7.19. The molecule has 14 rings (SSSR count). The van der Waals surface area contributed by atoms with Gasteiger partial charge in [-0.15, -0.1) is 0 Å².